The van der Waals surface area contributed by atoms with E-state index in [1.54, 1.807) is 24.8 Å². The Bertz CT molecular complexity index is 2720. The Morgan fingerprint density at radius 3 is 2.00 bits per heavy atom. The van der Waals surface area contributed by atoms with Crippen molar-refractivity contribution in [2.24, 2.45) is 0 Å². The molecule has 17 nitrogen and oxygen atoms in total. The molecule has 1 N–H and O–H groups in total. The zero-order valence-corrected chi connectivity index (χ0v) is 38.1. The maximum Gasteiger partial charge on any atom is 0.223 e. The fourth-order valence-corrected chi connectivity index (χ4v) is 10.7. The van der Waals surface area contributed by atoms with Crippen molar-refractivity contribution in [3.8, 4) is 11.5 Å². The zero-order valence-electron chi connectivity index (χ0n) is 38.1. The Labute approximate surface area is 390 Å². The molecule has 2 aromatic carbocycles. The lowest BCUT2D eigenvalue weighted by molar-refractivity contribution is 0.0261. The highest BCUT2D eigenvalue weighted by Crippen LogP contribution is 2.41. The lowest BCUT2D eigenvalue weighted by atomic mass is 9.91. The van der Waals surface area contributed by atoms with E-state index in [9.17, 15) is 0 Å². The summed E-state index contributed by atoms with van der Waals surface area (Å²) in [5, 5.41) is 3.61. The zero-order chi connectivity index (χ0) is 44.7. The smallest absolute Gasteiger partial charge is 0.223 e. The first-order chi connectivity index (χ1) is 33.0. The molecule has 0 amide bonds. The van der Waals surface area contributed by atoms with Gasteiger partial charge in [0.05, 0.1) is 68.5 Å². The third-order valence-corrected chi connectivity index (χ3v) is 14.4. The van der Waals surface area contributed by atoms with Gasteiger partial charge in [0.15, 0.2) is 0 Å². The van der Waals surface area contributed by atoms with Crippen LogP contribution in [0.15, 0.2) is 61.3 Å². The van der Waals surface area contributed by atoms with Crippen LogP contribution in [0.5, 0.6) is 11.5 Å². The molecule has 3 aliphatic heterocycles. The normalized spacial score (nSPS) is 24.4. The summed E-state index contributed by atoms with van der Waals surface area (Å²) in [7, 11) is 0. The molecule has 7 heterocycles. The number of aryl methyl sites for hydroxylation is 1. The minimum Gasteiger partial charge on any atom is -0.488 e. The van der Waals surface area contributed by atoms with E-state index in [4.69, 9.17) is 53.6 Å². The van der Waals surface area contributed by atoms with Crippen LogP contribution in [-0.2, 0) is 27.4 Å². The van der Waals surface area contributed by atoms with Crippen molar-refractivity contribution in [2.45, 2.75) is 121 Å². The van der Waals surface area contributed by atoms with Crippen molar-refractivity contribution in [1.82, 2.24) is 39.9 Å². The quantitative estimate of drug-likeness (QED) is 0.132. The van der Waals surface area contributed by atoms with E-state index in [1.807, 2.05) is 13.1 Å². The van der Waals surface area contributed by atoms with Crippen LogP contribution >= 0.6 is 0 Å². The Balaban J connectivity index is 0.769. The van der Waals surface area contributed by atoms with Gasteiger partial charge in [0.25, 0.3) is 0 Å². The highest BCUT2D eigenvalue weighted by atomic mass is 16.5. The van der Waals surface area contributed by atoms with Crippen LogP contribution in [0.25, 0.3) is 22.1 Å². The van der Waals surface area contributed by atoms with Crippen LogP contribution in [-0.4, -0.2) is 116 Å². The van der Waals surface area contributed by atoms with E-state index in [0.717, 1.165) is 150 Å². The summed E-state index contributed by atoms with van der Waals surface area (Å²) in [6.07, 6.45) is 18.5. The van der Waals surface area contributed by atoms with Gasteiger partial charge in [0.2, 0.25) is 5.95 Å². The van der Waals surface area contributed by atoms with E-state index < -0.39 is 0 Å². The predicted octanol–water partition coefficient (Wildman–Crippen LogP) is 7.07. The Kier molecular flexibility index (Phi) is 11.7. The van der Waals surface area contributed by atoms with Gasteiger partial charge in [-0.2, -0.15) is 0 Å². The molecule has 67 heavy (non-hydrogen) atoms. The van der Waals surface area contributed by atoms with Gasteiger partial charge >= 0.3 is 0 Å². The number of nitrogens with zero attached hydrogens (tertiary/aromatic N) is 11. The average Bonchev–Trinajstić information content (AvgIpc) is 4.12. The van der Waals surface area contributed by atoms with Gasteiger partial charge in [-0.1, -0.05) is 0 Å². The third kappa shape index (κ3) is 9.08. The Morgan fingerprint density at radius 2 is 1.30 bits per heavy atom. The van der Waals surface area contributed by atoms with E-state index in [-0.39, 0.29) is 24.5 Å². The highest BCUT2D eigenvalue weighted by molar-refractivity contribution is 5.86. The molecular weight excluding hydrogens is 849 g/mol. The van der Waals surface area contributed by atoms with Gasteiger partial charge in [-0.25, -0.2) is 29.9 Å². The van der Waals surface area contributed by atoms with Crippen molar-refractivity contribution in [3.63, 3.8) is 0 Å². The molecule has 4 aromatic heterocycles. The number of morpholine rings is 2. The molecule has 1 unspecified atom stereocenters. The summed E-state index contributed by atoms with van der Waals surface area (Å²) in [6.45, 7) is 7.92. The summed E-state index contributed by atoms with van der Waals surface area (Å²) in [5.74, 6) is 4.54. The second-order valence-corrected chi connectivity index (χ2v) is 18.9. The maximum atomic E-state index is 6.90. The van der Waals surface area contributed by atoms with Crippen LogP contribution in [0.1, 0.15) is 92.9 Å². The number of aromatic nitrogens is 8. The topological polar surface area (TPSA) is 171 Å². The number of anilines is 4. The van der Waals surface area contributed by atoms with Crippen molar-refractivity contribution in [1.29, 1.82) is 0 Å². The van der Waals surface area contributed by atoms with Crippen LogP contribution < -0.4 is 29.5 Å². The molecule has 5 fully saturated rings. The molecule has 2 saturated heterocycles. The molecule has 3 saturated carbocycles. The van der Waals surface area contributed by atoms with Gasteiger partial charge < -0.3 is 43.7 Å². The van der Waals surface area contributed by atoms with Gasteiger partial charge in [-0.3, -0.25) is 9.97 Å². The molecule has 6 aliphatic rings. The largest absolute Gasteiger partial charge is 0.488 e. The van der Waals surface area contributed by atoms with Gasteiger partial charge in [0.1, 0.15) is 40.4 Å². The van der Waals surface area contributed by atoms with Crippen LogP contribution in [0.4, 0.5) is 23.1 Å². The first-order valence-corrected chi connectivity index (χ1v) is 24.4. The monoisotopic (exact) mass is 906 g/mol. The summed E-state index contributed by atoms with van der Waals surface area (Å²) in [6, 6.07) is 11.1. The molecule has 0 spiro atoms. The van der Waals surface area contributed by atoms with E-state index in [0.29, 0.717) is 51.5 Å². The summed E-state index contributed by atoms with van der Waals surface area (Å²) < 4.78 is 32.2. The fourth-order valence-electron chi connectivity index (χ4n) is 10.7. The fraction of sp³-hybridized carbons (Fsp3) is 0.520. The first-order valence-electron chi connectivity index (χ1n) is 24.4. The molecule has 348 valence electrons. The third-order valence-electron chi connectivity index (χ3n) is 14.4. The minimum absolute atomic E-state index is 0.0229. The average molecular weight is 907 g/mol. The molecule has 17 heteroatoms. The lowest BCUT2D eigenvalue weighted by Gasteiger charge is -2.46. The van der Waals surface area contributed by atoms with Crippen molar-refractivity contribution >= 4 is 45.2 Å². The van der Waals surface area contributed by atoms with Crippen LogP contribution in [0.2, 0.25) is 0 Å². The maximum absolute atomic E-state index is 6.90. The number of nitrogens with one attached hydrogen (secondary N) is 1. The molecule has 3 aliphatic carbocycles. The minimum atomic E-state index is -0.279. The van der Waals surface area contributed by atoms with Crippen molar-refractivity contribution in [3.05, 3.63) is 84.1 Å². The highest BCUT2D eigenvalue weighted by Gasteiger charge is 2.38. The van der Waals surface area contributed by atoms with E-state index in [2.05, 4.69) is 60.3 Å². The molecule has 0 bridgehead atoms. The molecule has 0 radical (unpaired) electrons. The Morgan fingerprint density at radius 1 is 0.642 bits per heavy atom. The molecule has 12 rings (SSSR count). The van der Waals surface area contributed by atoms with Crippen LogP contribution in [0.3, 0.4) is 0 Å². The van der Waals surface area contributed by atoms with Crippen LogP contribution in [0, 0.1) is 6.92 Å². The van der Waals surface area contributed by atoms with Gasteiger partial charge in [-0.15, -0.1) is 0 Å². The second kappa shape index (κ2) is 18.6. The molecule has 6 aromatic rings. The first kappa shape index (κ1) is 42.3. The van der Waals surface area contributed by atoms with Gasteiger partial charge in [0, 0.05) is 103 Å². The van der Waals surface area contributed by atoms with Crippen molar-refractivity contribution in [2.75, 3.05) is 66.0 Å². The number of fused-ring (bicyclic) bond motifs is 3. The summed E-state index contributed by atoms with van der Waals surface area (Å²) in [5.41, 5.74) is 8.52. The predicted molar refractivity (Wildman–Crippen MR) is 253 cm³/mol. The Hall–Kier alpha value is -6.04. The number of hydrogen-bond donors (Lipinski definition) is 1. The van der Waals surface area contributed by atoms with E-state index in [1.165, 1.54) is 12.8 Å². The SMILES string of the molecule is Cc1nc2c(c(N(C3CCC(Oc4cc(N5CCOCC5)cc5nccnc45)CC3)C3CN(c4cc(OC5CCC(Nc6nccc(C7CC7)n6)CC5)c5nccnc5c4)CCO3)n1)COC2. The number of rotatable bonds is 12. The number of benzene rings is 2. The lowest BCUT2D eigenvalue weighted by Crippen LogP contribution is -2.56. The summed E-state index contributed by atoms with van der Waals surface area (Å²) >= 11 is 0. The van der Waals surface area contributed by atoms with E-state index >= 15 is 0 Å². The van der Waals surface area contributed by atoms with Crippen molar-refractivity contribution < 1.29 is 23.7 Å². The molecular formula is C50H58N12O5. The summed E-state index contributed by atoms with van der Waals surface area (Å²) in [4.78, 5) is 45.4. The standard InChI is InChI=1S/C50H58N12O5/c1-31-56-43-30-64-29-39(43)49(57-31)62(34-6-10-38(11-7-34)67-44-26-35(60-18-21-63-22-19-60)24-41-47(44)53-16-14-51-41)46-28-61(20-23-65-46)36-25-42-48(54-17-15-52-42)45(27-36)66-37-8-4-33(5-9-37)58-50-55-13-12-40(59-50)32-2-3-32/h12-17,24-27,32-34,37-38,46H,2-11,18-23,28-30H2,1H3,(H,55,58,59). The van der Waals surface area contributed by atoms with Gasteiger partial charge in [-0.05, 0) is 89.3 Å². The second-order valence-electron chi connectivity index (χ2n) is 18.9. The number of hydrogen-bond acceptors (Lipinski definition) is 17. The molecule has 1 atom stereocenters. The number of ether oxygens (including phenoxy) is 5.